The lowest BCUT2D eigenvalue weighted by atomic mass is 9.91. The van der Waals surface area contributed by atoms with Crippen LogP contribution in [0.25, 0.3) is 0 Å². The molecule has 0 unspecified atom stereocenters. The van der Waals surface area contributed by atoms with Gasteiger partial charge >= 0.3 is 5.97 Å². The highest BCUT2D eigenvalue weighted by atomic mass is 16.5. The summed E-state index contributed by atoms with van der Waals surface area (Å²) >= 11 is 0. The Morgan fingerprint density at radius 2 is 2.11 bits per heavy atom. The van der Waals surface area contributed by atoms with Crippen molar-refractivity contribution in [1.29, 1.82) is 0 Å². The van der Waals surface area contributed by atoms with E-state index in [0.29, 0.717) is 36.8 Å². The lowest BCUT2D eigenvalue weighted by Crippen LogP contribution is -2.49. The smallest absolute Gasteiger partial charge is 0.310 e. The average molecular weight is 499 g/mol. The van der Waals surface area contributed by atoms with E-state index in [1.54, 1.807) is 19.1 Å². The zero-order valence-corrected chi connectivity index (χ0v) is 21.5. The predicted octanol–water partition coefficient (Wildman–Crippen LogP) is 3.56. The van der Waals surface area contributed by atoms with E-state index in [2.05, 4.69) is 15.6 Å². The molecule has 10 nitrogen and oxygen atoms in total. The van der Waals surface area contributed by atoms with Gasteiger partial charge < -0.3 is 29.4 Å². The van der Waals surface area contributed by atoms with Crippen LogP contribution in [0.5, 0.6) is 5.88 Å². The van der Waals surface area contributed by atoms with Gasteiger partial charge in [0.2, 0.25) is 5.88 Å². The van der Waals surface area contributed by atoms with E-state index in [1.807, 2.05) is 32.6 Å². The number of furan rings is 1. The van der Waals surface area contributed by atoms with Crippen molar-refractivity contribution < 1.29 is 28.3 Å². The number of aromatic nitrogens is 1. The van der Waals surface area contributed by atoms with Crippen LogP contribution >= 0.6 is 0 Å². The number of nitrogens with one attached hydrogen (secondary N) is 2. The summed E-state index contributed by atoms with van der Waals surface area (Å²) in [4.78, 5) is 44.8. The van der Waals surface area contributed by atoms with E-state index in [9.17, 15) is 14.4 Å². The first-order valence-electron chi connectivity index (χ1n) is 12.4. The molecule has 2 N–H and O–H groups in total. The van der Waals surface area contributed by atoms with Crippen LogP contribution in [0.15, 0.2) is 22.8 Å². The molecule has 1 atom stereocenters. The Bertz CT molecular complexity index is 1160. The van der Waals surface area contributed by atoms with Crippen LogP contribution in [0, 0.1) is 5.92 Å². The number of nitrogens with zero attached hydrogens (tertiary/aromatic N) is 2. The maximum absolute atomic E-state index is 13.2. The fourth-order valence-electron chi connectivity index (χ4n) is 4.60. The number of fused-ring (bicyclic) bond motifs is 1. The molecule has 4 rings (SSSR count). The van der Waals surface area contributed by atoms with E-state index < -0.39 is 11.4 Å². The molecule has 0 aromatic carbocycles. The number of ether oxygens (including phenoxy) is 2. The van der Waals surface area contributed by atoms with Gasteiger partial charge in [-0.3, -0.25) is 14.4 Å². The molecule has 0 spiro atoms. The van der Waals surface area contributed by atoms with Crippen LogP contribution in [-0.4, -0.2) is 54.1 Å². The number of anilines is 2. The number of hydrogen-bond donors (Lipinski definition) is 2. The highest BCUT2D eigenvalue weighted by molar-refractivity contribution is 6.13. The standard InChI is InChI=1S/C26H34N4O6/c1-6-34-25(33)16-8-7-11-30(13-16)20-10-9-18(24(28-20)36-15(2)3)27-22(31)17-14-35-19-12-26(4,5)29-23(32)21(17)19/h9-10,14-16H,6-8,11-13H2,1-5H3,(H,27,31)(H,29,32)/t16-/m0/s1. The van der Waals surface area contributed by atoms with E-state index in [1.165, 1.54) is 6.26 Å². The van der Waals surface area contributed by atoms with Crippen LogP contribution in [0.1, 0.15) is 73.9 Å². The van der Waals surface area contributed by atoms with Gasteiger partial charge in [-0.25, -0.2) is 0 Å². The van der Waals surface area contributed by atoms with Crippen LogP contribution in [0.3, 0.4) is 0 Å². The quantitative estimate of drug-likeness (QED) is 0.556. The Hall–Kier alpha value is -3.56. The lowest BCUT2D eigenvalue weighted by molar-refractivity contribution is -0.148. The number of pyridine rings is 1. The highest BCUT2D eigenvalue weighted by Crippen LogP contribution is 2.32. The summed E-state index contributed by atoms with van der Waals surface area (Å²) in [6, 6.07) is 3.51. The molecule has 194 valence electrons. The van der Waals surface area contributed by atoms with Crippen LogP contribution in [-0.2, 0) is 16.0 Å². The fourth-order valence-corrected chi connectivity index (χ4v) is 4.60. The number of esters is 1. The monoisotopic (exact) mass is 498 g/mol. The Morgan fingerprint density at radius 3 is 2.83 bits per heavy atom. The molecule has 2 amide bonds. The van der Waals surface area contributed by atoms with Crippen molar-refractivity contribution in [2.24, 2.45) is 5.92 Å². The van der Waals surface area contributed by atoms with Crippen molar-refractivity contribution >= 4 is 29.3 Å². The molecule has 2 aliphatic rings. The summed E-state index contributed by atoms with van der Waals surface area (Å²) in [5.41, 5.74) is 0.337. The molecular formula is C26H34N4O6. The minimum Gasteiger partial charge on any atom is -0.473 e. The molecule has 2 aromatic rings. The van der Waals surface area contributed by atoms with E-state index in [0.717, 1.165) is 19.4 Å². The number of rotatable bonds is 7. The predicted molar refractivity (Wildman–Crippen MR) is 133 cm³/mol. The maximum atomic E-state index is 13.2. The molecule has 0 saturated carbocycles. The molecule has 36 heavy (non-hydrogen) atoms. The first-order valence-corrected chi connectivity index (χ1v) is 12.4. The molecule has 0 aliphatic carbocycles. The van der Waals surface area contributed by atoms with Crippen molar-refractivity contribution in [1.82, 2.24) is 10.3 Å². The third-order valence-corrected chi connectivity index (χ3v) is 6.20. The molecular weight excluding hydrogens is 464 g/mol. The Morgan fingerprint density at radius 1 is 1.33 bits per heavy atom. The molecule has 4 heterocycles. The van der Waals surface area contributed by atoms with Gasteiger partial charge in [-0.2, -0.15) is 4.98 Å². The lowest BCUT2D eigenvalue weighted by Gasteiger charge is -2.32. The van der Waals surface area contributed by atoms with Crippen LogP contribution in [0.4, 0.5) is 11.5 Å². The summed E-state index contributed by atoms with van der Waals surface area (Å²) in [6.07, 6.45) is 3.23. The van der Waals surface area contributed by atoms with Gasteiger partial charge in [0.25, 0.3) is 11.8 Å². The van der Waals surface area contributed by atoms with Gasteiger partial charge in [-0.1, -0.05) is 0 Å². The first-order chi connectivity index (χ1) is 17.1. The van der Waals surface area contributed by atoms with Crippen molar-refractivity contribution in [3.05, 3.63) is 35.3 Å². The molecule has 0 radical (unpaired) electrons. The SMILES string of the molecule is CCOC(=O)[C@H]1CCCN(c2ccc(NC(=O)c3coc4c3C(=O)NC(C)(C)C4)c(OC(C)C)n2)C1. The number of carbonyl (C=O) groups is 3. The minimum atomic E-state index is -0.488. The summed E-state index contributed by atoms with van der Waals surface area (Å²) in [5, 5.41) is 5.73. The first kappa shape index (κ1) is 25.5. The molecule has 1 fully saturated rings. The maximum Gasteiger partial charge on any atom is 0.310 e. The zero-order chi connectivity index (χ0) is 26.0. The van der Waals surface area contributed by atoms with Gasteiger partial charge in [0.1, 0.15) is 23.5 Å². The third kappa shape index (κ3) is 5.47. The Kier molecular flexibility index (Phi) is 7.23. The number of hydrogen-bond acceptors (Lipinski definition) is 8. The Labute approximate surface area is 210 Å². The number of amides is 2. The number of piperidine rings is 1. The van der Waals surface area contributed by atoms with Crippen molar-refractivity contribution in [3.8, 4) is 5.88 Å². The number of carbonyl (C=O) groups excluding carboxylic acids is 3. The summed E-state index contributed by atoms with van der Waals surface area (Å²) in [7, 11) is 0. The van der Waals surface area contributed by atoms with E-state index in [4.69, 9.17) is 13.9 Å². The average Bonchev–Trinajstić information content (AvgIpc) is 3.23. The van der Waals surface area contributed by atoms with Gasteiger partial charge in [0.05, 0.1) is 29.8 Å². The van der Waals surface area contributed by atoms with Crippen molar-refractivity contribution in [3.63, 3.8) is 0 Å². The molecule has 0 bridgehead atoms. The van der Waals surface area contributed by atoms with Gasteiger partial charge in [-0.05, 0) is 59.6 Å². The largest absolute Gasteiger partial charge is 0.473 e. The van der Waals surface area contributed by atoms with Crippen LogP contribution < -0.4 is 20.3 Å². The second-order valence-corrected chi connectivity index (χ2v) is 10.1. The summed E-state index contributed by atoms with van der Waals surface area (Å²) in [6.45, 7) is 11.0. The van der Waals surface area contributed by atoms with Gasteiger partial charge in [-0.15, -0.1) is 0 Å². The van der Waals surface area contributed by atoms with Gasteiger partial charge in [0, 0.05) is 25.0 Å². The zero-order valence-electron chi connectivity index (χ0n) is 21.5. The van der Waals surface area contributed by atoms with Crippen molar-refractivity contribution in [2.75, 3.05) is 29.9 Å². The highest BCUT2D eigenvalue weighted by Gasteiger charge is 2.36. The molecule has 10 heteroatoms. The molecule has 1 saturated heterocycles. The second-order valence-electron chi connectivity index (χ2n) is 10.1. The topological polar surface area (TPSA) is 123 Å². The fraction of sp³-hybridized carbons (Fsp3) is 0.538. The van der Waals surface area contributed by atoms with E-state index >= 15 is 0 Å². The second kappa shape index (κ2) is 10.2. The van der Waals surface area contributed by atoms with Crippen molar-refractivity contribution in [2.45, 2.75) is 65.5 Å². The molecule has 2 aromatic heterocycles. The normalized spacial score (nSPS) is 18.9. The Balaban J connectivity index is 1.56. The van der Waals surface area contributed by atoms with Crippen LogP contribution in [0.2, 0.25) is 0 Å². The van der Waals surface area contributed by atoms with E-state index in [-0.39, 0.29) is 40.9 Å². The summed E-state index contributed by atoms with van der Waals surface area (Å²) in [5.74, 6) is 0.171. The minimum absolute atomic E-state index is 0.158. The van der Waals surface area contributed by atoms with Gasteiger partial charge in [0.15, 0.2) is 0 Å². The molecule has 2 aliphatic heterocycles. The summed E-state index contributed by atoms with van der Waals surface area (Å²) < 4.78 is 16.7. The third-order valence-electron chi connectivity index (χ3n) is 6.20.